The van der Waals surface area contributed by atoms with Crippen molar-refractivity contribution in [2.45, 2.75) is 143 Å². The van der Waals surface area contributed by atoms with Crippen LogP contribution >= 0.6 is 0 Å². The third-order valence-electron chi connectivity index (χ3n) is 8.13. The monoisotopic (exact) mass is 434 g/mol. The molecule has 0 N–H and O–H groups in total. The summed E-state index contributed by atoms with van der Waals surface area (Å²) in [6, 6.07) is 0. The zero-order chi connectivity index (χ0) is 25.1. The van der Waals surface area contributed by atoms with Gasteiger partial charge in [0.05, 0.1) is 0 Å². The Bertz CT molecular complexity index is 593. The highest BCUT2D eigenvalue weighted by Gasteiger charge is 2.75. The van der Waals surface area contributed by atoms with Gasteiger partial charge in [0.15, 0.2) is 0 Å². The summed E-state index contributed by atoms with van der Waals surface area (Å²) < 4.78 is 0. The maximum atomic E-state index is 2.62. The van der Waals surface area contributed by atoms with Crippen LogP contribution in [0.2, 0.25) is 0 Å². The summed E-state index contributed by atoms with van der Waals surface area (Å²) in [6.45, 7) is 42.5. The lowest BCUT2D eigenvalue weighted by atomic mass is 9.58. The van der Waals surface area contributed by atoms with Crippen LogP contribution in [0.3, 0.4) is 0 Å². The molecule has 3 unspecified atom stereocenters. The van der Waals surface area contributed by atoms with E-state index in [0.717, 1.165) is 11.8 Å². The van der Waals surface area contributed by atoms with E-state index in [0.29, 0.717) is 43.8 Å². The molecule has 31 heavy (non-hydrogen) atoms. The minimum Gasteiger partial charge on any atom is -0.0622 e. The van der Waals surface area contributed by atoms with Gasteiger partial charge in [0.1, 0.15) is 0 Å². The van der Waals surface area contributed by atoms with Gasteiger partial charge < -0.3 is 0 Å². The predicted molar refractivity (Wildman–Crippen MR) is 142 cm³/mol. The molecule has 1 fully saturated rings. The molecule has 0 aliphatic heterocycles. The first-order valence-electron chi connectivity index (χ1n) is 13.3. The second kappa shape index (κ2) is 8.34. The van der Waals surface area contributed by atoms with Crippen LogP contribution in [0.1, 0.15) is 143 Å². The largest absolute Gasteiger partial charge is 0.0622 e. The molecule has 0 nitrogen and oxygen atoms in total. The molecule has 0 spiro atoms. The van der Waals surface area contributed by atoms with Gasteiger partial charge in [0, 0.05) is 0 Å². The molecule has 0 amide bonds. The summed E-state index contributed by atoms with van der Waals surface area (Å²) in [7, 11) is 0. The van der Waals surface area contributed by atoms with Crippen LogP contribution in [0, 0.1) is 55.7 Å². The Morgan fingerprint density at radius 3 is 1.29 bits per heavy atom. The lowest BCUT2D eigenvalue weighted by Crippen LogP contribution is -2.39. The Kier molecular flexibility index (Phi) is 7.81. The van der Waals surface area contributed by atoms with E-state index < -0.39 is 0 Å². The Morgan fingerprint density at radius 2 is 0.968 bits per heavy atom. The van der Waals surface area contributed by atoms with Crippen molar-refractivity contribution in [1.29, 1.82) is 0 Å². The molecule has 0 aromatic carbocycles. The van der Waals surface area contributed by atoms with Gasteiger partial charge in [0.2, 0.25) is 0 Å². The van der Waals surface area contributed by atoms with E-state index >= 15 is 0 Å². The molecular formula is C31H62. The molecule has 186 valence electrons. The van der Waals surface area contributed by atoms with Crippen molar-refractivity contribution in [2.24, 2.45) is 55.7 Å². The molecule has 0 saturated heterocycles. The van der Waals surface area contributed by atoms with Gasteiger partial charge >= 0.3 is 0 Å². The second-order valence-electron chi connectivity index (χ2n) is 17.6. The maximum absolute atomic E-state index is 2.62. The maximum Gasteiger partial charge on any atom is -0.0155 e. The first-order chi connectivity index (χ1) is 13.3. The van der Waals surface area contributed by atoms with Gasteiger partial charge in [-0.3, -0.25) is 0 Å². The van der Waals surface area contributed by atoms with Crippen LogP contribution in [0.4, 0.5) is 0 Å². The van der Waals surface area contributed by atoms with Gasteiger partial charge in [-0.15, -0.1) is 0 Å². The molecule has 3 atom stereocenters. The summed E-state index contributed by atoms with van der Waals surface area (Å²) in [5.74, 6) is 2.33. The van der Waals surface area contributed by atoms with Crippen molar-refractivity contribution in [3.8, 4) is 0 Å². The van der Waals surface area contributed by atoms with Crippen LogP contribution < -0.4 is 0 Å². The van der Waals surface area contributed by atoms with Crippen molar-refractivity contribution in [3.05, 3.63) is 0 Å². The third-order valence-corrected chi connectivity index (χ3v) is 8.13. The molecule has 1 saturated carbocycles. The number of hydrogen-bond donors (Lipinski definition) is 0. The highest BCUT2D eigenvalue weighted by Crippen LogP contribution is 2.80. The predicted octanol–water partition coefficient (Wildman–Crippen LogP) is 10.7. The molecule has 1 aliphatic rings. The molecular weight excluding hydrogens is 372 g/mol. The van der Waals surface area contributed by atoms with E-state index in [1.165, 1.54) is 25.7 Å². The van der Waals surface area contributed by atoms with Gasteiger partial charge in [-0.2, -0.15) is 0 Å². The summed E-state index contributed by atoms with van der Waals surface area (Å²) in [6.07, 6.45) is 5.28. The molecule has 0 heterocycles. The highest BCUT2D eigenvalue weighted by atomic mass is 14.8. The lowest BCUT2D eigenvalue weighted by molar-refractivity contribution is 0.0223. The average Bonchev–Trinajstić information content (AvgIpc) is 2.99. The molecule has 0 aromatic rings. The molecule has 0 aromatic heterocycles. The smallest absolute Gasteiger partial charge is 0.0155 e. The fourth-order valence-electron chi connectivity index (χ4n) is 9.51. The molecule has 1 aliphatic carbocycles. The van der Waals surface area contributed by atoms with Crippen molar-refractivity contribution < 1.29 is 0 Å². The number of hydrogen-bond acceptors (Lipinski definition) is 0. The highest BCUT2D eigenvalue weighted by molar-refractivity contribution is 5.22. The summed E-state index contributed by atoms with van der Waals surface area (Å²) in [4.78, 5) is 0. The van der Waals surface area contributed by atoms with Crippen LogP contribution in [0.5, 0.6) is 0 Å². The van der Waals surface area contributed by atoms with Crippen LogP contribution in [-0.2, 0) is 0 Å². The Morgan fingerprint density at radius 1 is 0.581 bits per heavy atom. The first-order valence-corrected chi connectivity index (χ1v) is 13.3. The third kappa shape index (κ3) is 6.99. The fourth-order valence-corrected chi connectivity index (χ4v) is 9.51. The SMILES string of the molecule is CC(C)C1(C(C)(C)CC(C)(C)C)C(CC(C)(C)CC(C)(C)C)C1C(C)(C)CC(C)(C)C. The summed E-state index contributed by atoms with van der Waals surface area (Å²) >= 11 is 0. The van der Waals surface area contributed by atoms with Gasteiger partial charge in [-0.1, -0.05) is 118 Å². The minimum atomic E-state index is 0.335. The van der Waals surface area contributed by atoms with Crippen LogP contribution in [0.25, 0.3) is 0 Å². The Balaban J connectivity index is 3.53. The normalized spacial score (nSPS) is 26.5. The number of rotatable bonds is 8. The zero-order valence-electron chi connectivity index (χ0n) is 25.1. The zero-order valence-corrected chi connectivity index (χ0v) is 25.1. The van der Waals surface area contributed by atoms with Crippen molar-refractivity contribution in [1.82, 2.24) is 0 Å². The van der Waals surface area contributed by atoms with E-state index in [-0.39, 0.29) is 0 Å². The van der Waals surface area contributed by atoms with Crippen LogP contribution in [-0.4, -0.2) is 0 Å². The first kappa shape index (κ1) is 29.0. The lowest BCUT2D eigenvalue weighted by Gasteiger charge is -2.46. The van der Waals surface area contributed by atoms with E-state index in [9.17, 15) is 0 Å². The van der Waals surface area contributed by atoms with Crippen molar-refractivity contribution >= 4 is 0 Å². The fraction of sp³-hybridized carbons (Fsp3) is 1.00. The topological polar surface area (TPSA) is 0 Å². The minimum absolute atomic E-state index is 0.335. The van der Waals surface area contributed by atoms with Gasteiger partial charge in [0.25, 0.3) is 0 Å². The molecule has 0 radical (unpaired) electrons. The Hall–Kier alpha value is 0. The van der Waals surface area contributed by atoms with Crippen LogP contribution in [0.15, 0.2) is 0 Å². The van der Waals surface area contributed by atoms with E-state index in [1.54, 1.807) is 0 Å². The van der Waals surface area contributed by atoms with E-state index in [2.05, 4.69) is 118 Å². The quantitative estimate of drug-likeness (QED) is 0.356. The summed E-state index contributed by atoms with van der Waals surface area (Å²) in [5.41, 5.74) is 2.61. The average molecular weight is 435 g/mol. The van der Waals surface area contributed by atoms with Gasteiger partial charge in [-0.05, 0) is 81.3 Å². The Labute approximate surface area is 199 Å². The molecule has 0 heteroatoms. The standard InChI is InChI=1S/C31H62/c1-22(2)31(30(16,17)21-27(9,10)11)23(18-28(12,13)19-25(3,4)5)24(31)29(14,15)20-26(6,7)8/h22-24H,18-21H2,1-17H3. The van der Waals surface area contributed by atoms with Crippen molar-refractivity contribution in [3.63, 3.8) is 0 Å². The molecule has 0 bridgehead atoms. The van der Waals surface area contributed by atoms with E-state index in [1.807, 2.05) is 0 Å². The summed E-state index contributed by atoms with van der Waals surface area (Å²) in [5, 5.41) is 0. The van der Waals surface area contributed by atoms with E-state index in [4.69, 9.17) is 0 Å². The second-order valence-corrected chi connectivity index (χ2v) is 17.6. The van der Waals surface area contributed by atoms with Gasteiger partial charge in [-0.25, -0.2) is 0 Å². The molecule has 1 rings (SSSR count). The van der Waals surface area contributed by atoms with Crippen molar-refractivity contribution in [2.75, 3.05) is 0 Å².